The Balaban J connectivity index is 1.59. The van der Waals surface area contributed by atoms with Gasteiger partial charge in [-0.25, -0.2) is 13.6 Å². The summed E-state index contributed by atoms with van der Waals surface area (Å²) in [6.45, 7) is -0.370. The summed E-state index contributed by atoms with van der Waals surface area (Å²) in [4.78, 5) is 26.8. The molecule has 4 rings (SSSR count). The third kappa shape index (κ3) is 4.23. The van der Waals surface area contributed by atoms with Gasteiger partial charge in [-0.05, 0) is 17.5 Å². The number of fused-ring (bicyclic) bond motifs is 1. The van der Waals surface area contributed by atoms with Crippen LogP contribution in [0.25, 0.3) is 10.1 Å². The van der Waals surface area contributed by atoms with Crippen LogP contribution in [0.2, 0.25) is 0 Å². The zero-order valence-electron chi connectivity index (χ0n) is 17.1. The number of thiophene rings is 1. The molecule has 1 aliphatic heterocycles. The number of nitrogens with one attached hydrogen (secondary N) is 2. The number of rotatable bonds is 6. The highest BCUT2D eigenvalue weighted by Crippen LogP contribution is 2.34. The molecule has 0 aliphatic carbocycles. The van der Waals surface area contributed by atoms with E-state index in [1.807, 2.05) is 24.3 Å². The molecule has 2 aromatic carbocycles. The van der Waals surface area contributed by atoms with Gasteiger partial charge in [0.05, 0.1) is 18.7 Å². The number of methoxy groups -OCH3 is 1. The van der Waals surface area contributed by atoms with Gasteiger partial charge < -0.3 is 20.1 Å². The molecular formula is C22H21F2N3O4S. The van der Waals surface area contributed by atoms with Crippen LogP contribution < -0.4 is 15.4 Å². The number of nitrogens with zero attached hydrogens (tertiary/aromatic N) is 1. The lowest BCUT2D eigenvalue weighted by Gasteiger charge is -2.20. The molecule has 0 saturated carbocycles. The van der Waals surface area contributed by atoms with Crippen molar-refractivity contribution in [3.8, 4) is 5.75 Å². The largest absolute Gasteiger partial charge is 0.497 e. The Bertz CT molecular complexity index is 1110. The summed E-state index contributed by atoms with van der Waals surface area (Å²) in [7, 11) is 1.29. The number of ether oxygens (including phenoxy) is 1. The van der Waals surface area contributed by atoms with Crippen LogP contribution in [-0.4, -0.2) is 54.8 Å². The number of carbonyl (C=O) groups is 2. The van der Waals surface area contributed by atoms with Crippen LogP contribution in [0.1, 0.15) is 11.5 Å². The number of likely N-dealkylation sites (tertiary alicyclic amines) is 1. The molecule has 1 aromatic heterocycles. The van der Waals surface area contributed by atoms with Crippen molar-refractivity contribution in [2.24, 2.45) is 0 Å². The molecule has 1 fully saturated rings. The summed E-state index contributed by atoms with van der Waals surface area (Å²) in [6.07, 6.45) is 0. The monoisotopic (exact) mass is 461 g/mol. The number of carbonyl (C=O) groups excluding carboxylic acids is 2. The van der Waals surface area contributed by atoms with Crippen LogP contribution in [-0.2, 0) is 4.79 Å². The van der Waals surface area contributed by atoms with Crippen molar-refractivity contribution in [1.82, 2.24) is 10.2 Å². The van der Waals surface area contributed by atoms with Gasteiger partial charge in [0.1, 0.15) is 23.4 Å². The molecule has 7 nitrogen and oxygen atoms in total. The summed E-state index contributed by atoms with van der Waals surface area (Å²) >= 11 is 1.36. The first-order chi connectivity index (χ1) is 15.4. The van der Waals surface area contributed by atoms with E-state index in [0.717, 1.165) is 22.2 Å². The fraction of sp³-hybridized carbons (Fsp3) is 0.273. The topological polar surface area (TPSA) is 90.9 Å². The molecule has 168 valence electrons. The SMILES string of the molecule is COc1cc(F)c([C@@H]2CN(CCO)C(=O)[C@H]2NC(=O)Nc2cc3ccccc3s2)c(F)c1. The van der Waals surface area contributed by atoms with Gasteiger partial charge in [0.25, 0.3) is 0 Å². The minimum Gasteiger partial charge on any atom is -0.497 e. The molecule has 3 aromatic rings. The third-order valence-electron chi connectivity index (χ3n) is 5.38. The predicted molar refractivity (Wildman–Crippen MR) is 117 cm³/mol. The van der Waals surface area contributed by atoms with Crippen molar-refractivity contribution in [2.75, 3.05) is 32.1 Å². The van der Waals surface area contributed by atoms with E-state index >= 15 is 0 Å². The molecule has 10 heteroatoms. The zero-order valence-corrected chi connectivity index (χ0v) is 17.9. The van der Waals surface area contributed by atoms with E-state index in [1.165, 1.54) is 23.3 Å². The Kier molecular flexibility index (Phi) is 6.24. The number of aliphatic hydroxyl groups excluding tert-OH is 1. The molecule has 0 unspecified atom stereocenters. The average Bonchev–Trinajstić information content (AvgIpc) is 3.29. The summed E-state index contributed by atoms with van der Waals surface area (Å²) in [5.74, 6) is -3.24. The van der Waals surface area contributed by atoms with Crippen molar-refractivity contribution in [3.63, 3.8) is 0 Å². The molecular weight excluding hydrogens is 440 g/mol. The normalized spacial score (nSPS) is 18.2. The first-order valence-corrected chi connectivity index (χ1v) is 10.7. The number of halogens is 2. The van der Waals surface area contributed by atoms with Crippen molar-refractivity contribution < 1.29 is 28.2 Å². The van der Waals surface area contributed by atoms with Gasteiger partial charge in [0.2, 0.25) is 5.91 Å². The second-order valence-corrected chi connectivity index (χ2v) is 8.43. The molecule has 3 N–H and O–H groups in total. The maximum absolute atomic E-state index is 14.7. The molecule has 0 spiro atoms. The van der Waals surface area contributed by atoms with Gasteiger partial charge in [-0.15, -0.1) is 11.3 Å². The van der Waals surface area contributed by atoms with Crippen LogP contribution >= 0.6 is 11.3 Å². The summed E-state index contributed by atoms with van der Waals surface area (Å²) in [5, 5.41) is 16.0. The average molecular weight is 461 g/mol. The van der Waals surface area contributed by atoms with Crippen LogP contribution in [0.3, 0.4) is 0 Å². The quantitative estimate of drug-likeness (QED) is 0.526. The summed E-state index contributed by atoms with van der Waals surface area (Å²) in [5.41, 5.74) is -0.313. The molecule has 2 heterocycles. The smallest absolute Gasteiger partial charge is 0.320 e. The first-order valence-electron chi connectivity index (χ1n) is 9.90. The van der Waals surface area contributed by atoms with E-state index in [-0.39, 0.29) is 31.0 Å². The third-order valence-corrected chi connectivity index (χ3v) is 6.41. The minimum atomic E-state index is -1.20. The number of β-amino-alcohol motifs (C(OH)–C–C–N with tert-alkyl or cyclic N) is 1. The fourth-order valence-electron chi connectivity index (χ4n) is 3.91. The maximum Gasteiger partial charge on any atom is 0.320 e. The first kappa shape index (κ1) is 22.0. The molecule has 1 aliphatic rings. The highest BCUT2D eigenvalue weighted by atomic mass is 32.1. The molecule has 0 radical (unpaired) electrons. The Morgan fingerprint density at radius 3 is 2.62 bits per heavy atom. The van der Waals surface area contributed by atoms with E-state index in [2.05, 4.69) is 10.6 Å². The Labute approximate surface area is 186 Å². The number of amides is 3. The second-order valence-electron chi connectivity index (χ2n) is 7.34. The standard InChI is InChI=1S/C22H21F2N3O4S/c1-31-13-9-15(23)19(16(24)10-13)14-11-27(6-7-28)21(29)20(14)26-22(30)25-18-8-12-4-2-3-5-17(12)32-18/h2-5,8-10,14,20,28H,6-7,11H2,1H3,(H2,25,26,30)/t14-,20-/m0/s1. The zero-order chi connectivity index (χ0) is 22.8. The molecule has 32 heavy (non-hydrogen) atoms. The Morgan fingerprint density at radius 2 is 1.97 bits per heavy atom. The van der Waals surface area contributed by atoms with E-state index in [0.29, 0.717) is 5.00 Å². The van der Waals surface area contributed by atoms with Crippen LogP contribution in [0.15, 0.2) is 42.5 Å². The van der Waals surface area contributed by atoms with E-state index in [9.17, 15) is 23.5 Å². The maximum atomic E-state index is 14.7. The van der Waals surface area contributed by atoms with E-state index in [4.69, 9.17) is 4.74 Å². The van der Waals surface area contributed by atoms with Gasteiger partial charge in [-0.2, -0.15) is 0 Å². The predicted octanol–water partition coefficient (Wildman–Crippen LogP) is 3.30. The van der Waals surface area contributed by atoms with Gasteiger partial charge >= 0.3 is 6.03 Å². The van der Waals surface area contributed by atoms with Gasteiger partial charge in [0.15, 0.2) is 0 Å². The van der Waals surface area contributed by atoms with Crippen LogP contribution in [0.5, 0.6) is 5.75 Å². The lowest BCUT2D eigenvalue weighted by atomic mass is 9.93. The van der Waals surface area contributed by atoms with Crippen molar-refractivity contribution in [1.29, 1.82) is 0 Å². The van der Waals surface area contributed by atoms with Crippen molar-refractivity contribution in [3.05, 3.63) is 59.7 Å². The number of anilines is 1. The molecule has 1 saturated heterocycles. The minimum absolute atomic E-state index is 0.00676. The van der Waals surface area contributed by atoms with Gasteiger partial charge in [0, 0.05) is 41.4 Å². The van der Waals surface area contributed by atoms with Crippen molar-refractivity contribution in [2.45, 2.75) is 12.0 Å². The fourth-order valence-corrected chi connectivity index (χ4v) is 4.87. The summed E-state index contributed by atoms with van der Waals surface area (Å²) in [6, 6.07) is 9.60. The second kappa shape index (κ2) is 9.09. The number of hydrogen-bond donors (Lipinski definition) is 3. The highest BCUT2D eigenvalue weighted by molar-refractivity contribution is 7.22. The Morgan fingerprint density at radius 1 is 1.25 bits per heavy atom. The summed E-state index contributed by atoms with van der Waals surface area (Å²) < 4.78 is 35.3. The number of benzene rings is 2. The number of hydrogen-bond acceptors (Lipinski definition) is 5. The number of aliphatic hydroxyl groups is 1. The lowest BCUT2D eigenvalue weighted by Crippen LogP contribution is -2.45. The lowest BCUT2D eigenvalue weighted by molar-refractivity contribution is -0.129. The van der Waals surface area contributed by atoms with Crippen LogP contribution in [0.4, 0.5) is 18.6 Å². The highest BCUT2D eigenvalue weighted by Gasteiger charge is 2.44. The molecule has 0 bridgehead atoms. The van der Waals surface area contributed by atoms with E-state index < -0.39 is 35.5 Å². The molecule has 2 atom stereocenters. The Hall–Kier alpha value is -3.24. The van der Waals surface area contributed by atoms with Gasteiger partial charge in [-0.3, -0.25) is 10.1 Å². The molecule has 3 amide bonds. The number of urea groups is 1. The van der Waals surface area contributed by atoms with Crippen LogP contribution in [0, 0.1) is 11.6 Å². The van der Waals surface area contributed by atoms with Crippen molar-refractivity contribution >= 4 is 38.4 Å². The van der Waals surface area contributed by atoms with E-state index in [1.54, 1.807) is 6.07 Å². The van der Waals surface area contributed by atoms with Gasteiger partial charge in [-0.1, -0.05) is 18.2 Å².